The molecule has 0 spiro atoms. The van der Waals surface area contributed by atoms with Crippen LogP contribution in [0.2, 0.25) is 5.02 Å². The van der Waals surface area contributed by atoms with Crippen LogP contribution in [0.1, 0.15) is 15.9 Å². The molecule has 0 aliphatic rings. The van der Waals surface area contributed by atoms with E-state index >= 15 is 0 Å². The van der Waals surface area contributed by atoms with E-state index in [1.54, 1.807) is 24.3 Å². The Bertz CT molecular complexity index is 704. The highest BCUT2D eigenvalue weighted by atomic mass is 35.5. The summed E-state index contributed by atoms with van der Waals surface area (Å²) in [6.07, 6.45) is 0. The number of hydrogen-bond acceptors (Lipinski definition) is 3. The van der Waals surface area contributed by atoms with Crippen LogP contribution in [0.3, 0.4) is 0 Å². The van der Waals surface area contributed by atoms with Gasteiger partial charge in [-0.15, -0.1) is 11.6 Å². The van der Waals surface area contributed by atoms with Crippen molar-refractivity contribution in [2.24, 2.45) is 0 Å². The molecule has 0 saturated carbocycles. The predicted molar refractivity (Wildman–Crippen MR) is 82.1 cm³/mol. The van der Waals surface area contributed by atoms with Gasteiger partial charge in [0, 0.05) is 22.7 Å². The maximum absolute atomic E-state index is 12.2. The summed E-state index contributed by atoms with van der Waals surface area (Å²) >= 11 is 11.6. The number of nitro benzene ring substituents is 1. The van der Waals surface area contributed by atoms with Crippen LogP contribution < -0.4 is 5.32 Å². The lowest BCUT2D eigenvalue weighted by Crippen LogP contribution is -2.15. The molecule has 0 radical (unpaired) electrons. The second kappa shape index (κ2) is 6.56. The number of anilines is 1. The van der Waals surface area contributed by atoms with E-state index in [2.05, 4.69) is 5.32 Å². The number of nitro groups is 1. The third-order valence-corrected chi connectivity index (χ3v) is 3.33. The highest BCUT2D eigenvalue weighted by Crippen LogP contribution is 2.25. The van der Waals surface area contributed by atoms with Gasteiger partial charge in [-0.25, -0.2) is 0 Å². The standard InChI is InChI=1S/C14H10Cl2N2O3/c15-8-9-3-1-2-4-12(9)17-14(19)11-7-10(16)5-6-13(11)18(20)21/h1-7H,8H2,(H,17,19). The Labute approximate surface area is 130 Å². The van der Waals surface area contributed by atoms with E-state index in [1.807, 2.05) is 0 Å². The fourth-order valence-corrected chi connectivity index (χ4v) is 2.20. The molecule has 0 bridgehead atoms. The lowest BCUT2D eigenvalue weighted by atomic mass is 10.1. The Morgan fingerprint density at radius 2 is 1.95 bits per heavy atom. The van der Waals surface area contributed by atoms with Gasteiger partial charge < -0.3 is 5.32 Å². The summed E-state index contributed by atoms with van der Waals surface area (Å²) in [6, 6.07) is 10.8. The maximum Gasteiger partial charge on any atom is 0.282 e. The number of alkyl halides is 1. The summed E-state index contributed by atoms with van der Waals surface area (Å²) in [4.78, 5) is 22.6. The molecule has 0 fully saturated rings. The van der Waals surface area contributed by atoms with Crippen LogP contribution in [0.4, 0.5) is 11.4 Å². The van der Waals surface area contributed by atoms with Gasteiger partial charge in [0.15, 0.2) is 0 Å². The zero-order valence-electron chi connectivity index (χ0n) is 10.7. The molecule has 21 heavy (non-hydrogen) atoms. The molecule has 108 valence electrons. The van der Waals surface area contributed by atoms with Crippen molar-refractivity contribution in [3.8, 4) is 0 Å². The SMILES string of the molecule is O=C(Nc1ccccc1CCl)c1cc(Cl)ccc1[N+](=O)[O-]. The number of carbonyl (C=O) groups excluding carboxylic acids is 1. The summed E-state index contributed by atoms with van der Waals surface area (Å²) in [5.41, 5.74) is 0.820. The van der Waals surface area contributed by atoms with E-state index < -0.39 is 10.8 Å². The molecule has 5 nitrogen and oxygen atoms in total. The van der Waals surface area contributed by atoms with Crippen LogP contribution in [0, 0.1) is 10.1 Å². The van der Waals surface area contributed by atoms with Crippen LogP contribution in [0.15, 0.2) is 42.5 Å². The van der Waals surface area contributed by atoms with Crippen molar-refractivity contribution < 1.29 is 9.72 Å². The summed E-state index contributed by atoms with van der Waals surface area (Å²) in [5.74, 6) is -0.393. The molecular formula is C14H10Cl2N2O3. The van der Waals surface area contributed by atoms with E-state index in [9.17, 15) is 14.9 Å². The van der Waals surface area contributed by atoms with Crippen molar-refractivity contribution in [1.29, 1.82) is 0 Å². The van der Waals surface area contributed by atoms with Gasteiger partial charge in [-0.2, -0.15) is 0 Å². The van der Waals surface area contributed by atoms with Gasteiger partial charge >= 0.3 is 0 Å². The highest BCUT2D eigenvalue weighted by Gasteiger charge is 2.21. The maximum atomic E-state index is 12.2. The molecule has 0 unspecified atom stereocenters. The summed E-state index contributed by atoms with van der Waals surface area (Å²) in [7, 11) is 0. The first-order valence-corrected chi connectivity index (χ1v) is 6.83. The normalized spacial score (nSPS) is 10.2. The van der Waals surface area contributed by atoms with Gasteiger partial charge in [-0.05, 0) is 23.8 Å². The number of amides is 1. The second-order valence-electron chi connectivity index (χ2n) is 4.16. The fourth-order valence-electron chi connectivity index (χ4n) is 1.80. The molecule has 0 aromatic heterocycles. The minimum atomic E-state index is -0.626. The van der Waals surface area contributed by atoms with E-state index in [0.29, 0.717) is 5.69 Å². The van der Waals surface area contributed by atoms with E-state index in [1.165, 1.54) is 18.2 Å². The Morgan fingerprint density at radius 1 is 1.24 bits per heavy atom. The number of hydrogen-bond donors (Lipinski definition) is 1. The first-order chi connectivity index (χ1) is 10.0. The molecule has 0 heterocycles. The highest BCUT2D eigenvalue weighted by molar-refractivity contribution is 6.31. The number of nitrogens with one attached hydrogen (secondary N) is 1. The van der Waals surface area contributed by atoms with Crippen molar-refractivity contribution in [2.75, 3.05) is 5.32 Å². The topological polar surface area (TPSA) is 72.2 Å². The Kier molecular flexibility index (Phi) is 4.77. The number of benzene rings is 2. The monoisotopic (exact) mass is 324 g/mol. The number of halogens is 2. The zero-order valence-corrected chi connectivity index (χ0v) is 12.2. The molecule has 2 aromatic rings. The van der Waals surface area contributed by atoms with E-state index in [-0.39, 0.29) is 22.2 Å². The van der Waals surface area contributed by atoms with Crippen LogP contribution in [0.25, 0.3) is 0 Å². The number of para-hydroxylation sites is 1. The molecule has 0 aliphatic heterocycles. The van der Waals surface area contributed by atoms with Crippen molar-refractivity contribution in [3.63, 3.8) is 0 Å². The minimum Gasteiger partial charge on any atom is -0.321 e. The smallest absolute Gasteiger partial charge is 0.282 e. The lowest BCUT2D eigenvalue weighted by Gasteiger charge is -2.09. The average Bonchev–Trinajstić information content (AvgIpc) is 2.47. The molecule has 1 amide bonds. The van der Waals surface area contributed by atoms with E-state index in [4.69, 9.17) is 23.2 Å². The molecule has 2 rings (SSSR count). The van der Waals surface area contributed by atoms with Crippen molar-refractivity contribution in [3.05, 3.63) is 68.7 Å². The number of rotatable bonds is 4. The van der Waals surface area contributed by atoms with Crippen LogP contribution in [-0.4, -0.2) is 10.8 Å². The van der Waals surface area contributed by atoms with Gasteiger partial charge in [-0.3, -0.25) is 14.9 Å². The van der Waals surface area contributed by atoms with Gasteiger partial charge in [0.2, 0.25) is 0 Å². The zero-order chi connectivity index (χ0) is 15.4. The molecule has 0 aliphatic carbocycles. The molecule has 7 heteroatoms. The first kappa shape index (κ1) is 15.3. The molecule has 1 N–H and O–H groups in total. The van der Waals surface area contributed by atoms with Gasteiger partial charge in [0.25, 0.3) is 11.6 Å². The van der Waals surface area contributed by atoms with Gasteiger partial charge in [0.1, 0.15) is 5.56 Å². The van der Waals surface area contributed by atoms with Gasteiger partial charge in [-0.1, -0.05) is 29.8 Å². The average molecular weight is 325 g/mol. The third kappa shape index (κ3) is 3.51. The molecule has 2 aromatic carbocycles. The number of nitrogens with zero attached hydrogens (tertiary/aromatic N) is 1. The summed E-state index contributed by atoms with van der Waals surface area (Å²) < 4.78 is 0. The van der Waals surface area contributed by atoms with Crippen molar-refractivity contribution in [1.82, 2.24) is 0 Å². The summed E-state index contributed by atoms with van der Waals surface area (Å²) in [6.45, 7) is 0. The Morgan fingerprint density at radius 3 is 2.62 bits per heavy atom. The van der Waals surface area contributed by atoms with Crippen LogP contribution >= 0.6 is 23.2 Å². The van der Waals surface area contributed by atoms with E-state index in [0.717, 1.165) is 5.56 Å². The summed E-state index contributed by atoms with van der Waals surface area (Å²) in [5, 5.41) is 13.8. The molecule has 0 saturated heterocycles. The predicted octanol–water partition coefficient (Wildman–Crippen LogP) is 4.24. The van der Waals surface area contributed by atoms with Gasteiger partial charge in [0.05, 0.1) is 4.92 Å². The molecule has 0 atom stereocenters. The third-order valence-electron chi connectivity index (χ3n) is 2.81. The first-order valence-electron chi connectivity index (χ1n) is 5.92. The Balaban J connectivity index is 2.37. The lowest BCUT2D eigenvalue weighted by molar-refractivity contribution is -0.385. The quantitative estimate of drug-likeness (QED) is 0.519. The fraction of sp³-hybridized carbons (Fsp3) is 0.0714. The van der Waals surface area contributed by atoms with Crippen molar-refractivity contribution in [2.45, 2.75) is 5.88 Å². The minimum absolute atomic E-state index is 0.100. The van der Waals surface area contributed by atoms with Crippen molar-refractivity contribution >= 4 is 40.5 Å². The second-order valence-corrected chi connectivity index (χ2v) is 4.87. The number of carbonyl (C=O) groups is 1. The van der Waals surface area contributed by atoms with Crippen LogP contribution in [0.5, 0.6) is 0 Å². The Hall–Kier alpha value is -2.11. The van der Waals surface area contributed by atoms with Crippen LogP contribution in [-0.2, 0) is 5.88 Å². The molecular weight excluding hydrogens is 315 g/mol. The largest absolute Gasteiger partial charge is 0.321 e.